The molecule has 0 aliphatic heterocycles. The molecule has 4 nitrogen and oxygen atoms in total. The fraction of sp³-hybridized carbons (Fsp3) is 0.300. The average Bonchev–Trinajstić information content (AvgIpc) is 3.36. The highest BCUT2D eigenvalue weighted by atomic mass is 16.2. The second-order valence-corrected chi connectivity index (χ2v) is 6.32. The van der Waals surface area contributed by atoms with Crippen LogP contribution in [0.2, 0.25) is 0 Å². The number of aryl methyl sites for hydroxylation is 2. The molecule has 3 rings (SSSR count). The lowest BCUT2D eigenvalue weighted by molar-refractivity contribution is 0.0760. The van der Waals surface area contributed by atoms with Crippen LogP contribution in [0.3, 0.4) is 0 Å². The number of hydrogen-bond donors (Lipinski definition) is 1. The highest BCUT2D eigenvalue weighted by molar-refractivity contribution is 5.95. The molecule has 0 atom stereocenters. The Balaban J connectivity index is 1.80. The molecule has 0 saturated heterocycles. The van der Waals surface area contributed by atoms with E-state index >= 15 is 0 Å². The normalized spacial score (nSPS) is 14.1. The minimum absolute atomic E-state index is 0.172. The fourth-order valence-electron chi connectivity index (χ4n) is 2.91. The zero-order chi connectivity index (χ0) is 17.1. The third kappa shape index (κ3) is 3.65. The van der Waals surface area contributed by atoms with Crippen molar-refractivity contribution in [3.05, 3.63) is 75.2 Å². The summed E-state index contributed by atoms with van der Waals surface area (Å²) in [5, 5.41) is 0. The monoisotopic (exact) mass is 322 g/mol. The number of amides is 1. The Hall–Kier alpha value is -2.62. The van der Waals surface area contributed by atoms with Gasteiger partial charge in [0, 0.05) is 30.0 Å². The molecule has 1 aromatic heterocycles. The molecule has 1 saturated carbocycles. The summed E-state index contributed by atoms with van der Waals surface area (Å²) < 4.78 is 0. The first-order chi connectivity index (χ1) is 11.6. The molecule has 0 unspecified atom stereocenters. The van der Waals surface area contributed by atoms with E-state index in [0.717, 1.165) is 24.1 Å². The SMILES string of the molecule is Cc1cc(=O)c(C(=O)N(CC=Cc2ccccc2)C2CC2)c(C)[nH]1. The van der Waals surface area contributed by atoms with Gasteiger partial charge in [-0.25, -0.2) is 0 Å². The maximum atomic E-state index is 12.9. The molecule has 2 aromatic rings. The smallest absolute Gasteiger partial charge is 0.260 e. The van der Waals surface area contributed by atoms with Crippen molar-refractivity contribution in [1.82, 2.24) is 9.88 Å². The highest BCUT2D eigenvalue weighted by Crippen LogP contribution is 2.28. The lowest BCUT2D eigenvalue weighted by Crippen LogP contribution is -2.37. The van der Waals surface area contributed by atoms with E-state index in [1.807, 2.05) is 54.3 Å². The van der Waals surface area contributed by atoms with Gasteiger partial charge in [0.2, 0.25) is 0 Å². The second-order valence-electron chi connectivity index (χ2n) is 6.32. The van der Waals surface area contributed by atoms with E-state index in [-0.39, 0.29) is 22.9 Å². The van der Waals surface area contributed by atoms with Gasteiger partial charge in [-0.3, -0.25) is 9.59 Å². The van der Waals surface area contributed by atoms with Crippen LogP contribution in [0.15, 0.2) is 47.3 Å². The lowest BCUT2D eigenvalue weighted by atomic mass is 10.1. The molecule has 1 amide bonds. The van der Waals surface area contributed by atoms with Gasteiger partial charge >= 0.3 is 0 Å². The number of benzene rings is 1. The van der Waals surface area contributed by atoms with Gasteiger partial charge in [-0.1, -0.05) is 42.5 Å². The van der Waals surface area contributed by atoms with Crippen molar-refractivity contribution in [2.24, 2.45) is 0 Å². The molecule has 0 radical (unpaired) electrons. The van der Waals surface area contributed by atoms with E-state index in [1.54, 1.807) is 6.92 Å². The second kappa shape index (κ2) is 6.87. The zero-order valence-electron chi connectivity index (χ0n) is 14.1. The number of H-pyrrole nitrogens is 1. The summed E-state index contributed by atoms with van der Waals surface area (Å²) in [5.41, 5.74) is 2.58. The van der Waals surface area contributed by atoms with Gasteiger partial charge in [-0.05, 0) is 32.3 Å². The van der Waals surface area contributed by atoms with Gasteiger partial charge < -0.3 is 9.88 Å². The van der Waals surface area contributed by atoms with Crippen LogP contribution in [-0.4, -0.2) is 28.4 Å². The first kappa shape index (κ1) is 16.2. The summed E-state index contributed by atoms with van der Waals surface area (Å²) in [4.78, 5) is 30.1. The first-order valence-electron chi connectivity index (χ1n) is 8.29. The Morgan fingerprint density at radius 1 is 1.25 bits per heavy atom. The van der Waals surface area contributed by atoms with Crippen LogP contribution >= 0.6 is 0 Å². The van der Waals surface area contributed by atoms with Crippen LogP contribution in [0.1, 0.15) is 40.2 Å². The molecule has 1 aliphatic rings. The lowest BCUT2D eigenvalue weighted by Gasteiger charge is -2.21. The maximum absolute atomic E-state index is 12.9. The van der Waals surface area contributed by atoms with Crippen molar-refractivity contribution in [1.29, 1.82) is 0 Å². The summed E-state index contributed by atoms with van der Waals surface area (Å²) >= 11 is 0. The van der Waals surface area contributed by atoms with E-state index < -0.39 is 0 Å². The Morgan fingerprint density at radius 2 is 1.96 bits per heavy atom. The molecule has 1 aliphatic carbocycles. The molecular weight excluding hydrogens is 300 g/mol. The van der Waals surface area contributed by atoms with Crippen molar-refractivity contribution < 1.29 is 4.79 Å². The number of rotatable bonds is 5. The Labute approximate surface area is 141 Å². The van der Waals surface area contributed by atoms with Crippen molar-refractivity contribution in [2.45, 2.75) is 32.7 Å². The summed E-state index contributed by atoms with van der Waals surface area (Å²) in [6, 6.07) is 11.7. The van der Waals surface area contributed by atoms with Crippen molar-refractivity contribution in [3.63, 3.8) is 0 Å². The number of aromatic amines is 1. The number of aromatic nitrogens is 1. The summed E-state index contributed by atoms with van der Waals surface area (Å²) in [6.45, 7) is 4.13. The molecule has 24 heavy (non-hydrogen) atoms. The van der Waals surface area contributed by atoms with Gasteiger partial charge in [0.05, 0.1) is 0 Å². The highest BCUT2D eigenvalue weighted by Gasteiger charge is 2.33. The fourth-order valence-corrected chi connectivity index (χ4v) is 2.91. The van der Waals surface area contributed by atoms with Crippen LogP contribution < -0.4 is 5.43 Å². The average molecular weight is 322 g/mol. The number of carbonyl (C=O) groups is 1. The van der Waals surface area contributed by atoms with Gasteiger partial charge in [-0.15, -0.1) is 0 Å². The van der Waals surface area contributed by atoms with Crippen molar-refractivity contribution >= 4 is 12.0 Å². The third-order valence-corrected chi connectivity index (χ3v) is 4.23. The number of carbonyl (C=O) groups excluding carboxylic acids is 1. The minimum atomic E-state index is -0.202. The van der Waals surface area contributed by atoms with Crippen LogP contribution in [-0.2, 0) is 0 Å². The van der Waals surface area contributed by atoms with Gasteiger partial charge in [0.15, 0.2) is 5.43 Å². The zero-order valence-corrected chi connectivity index (χ0v) is 14.1. The molecule has 0 bridgehead atoms. The number of hydrogen-bond acceptors (Lipinski definition) is 2. The molecule has 1 fully saturated rings. The quantitative estimate of drug-likeness (QED) is 0.918. The van der Waals surface area contributed by atoms with Crippen LogP contribution in [0.25, 0.3) is 6.08 Å². The Kier molecular flexibility index (Phi) is 4.65. The van der Waals surface area contributed by atoms with E-state index in [4.69, 9.17) is 0 Å². The van der Waals surface area contributed by atoms with Crippen LogP contribution in [0, 0.1) is 13.8 Å². The van der Waals surface area contributed by atoms with Crippen LogP contribution in [0.5, 0.6) is 0 Å². The molecule has 0 spiro atoms. The third-order valence-electron chi connectivity index (χ3n) is 4.23. The Morgan fingerprint density at radius 3 is 2.58 bits per heavy atom. The minimum Gasteiger partial charge on any atom is -0.362 e. The van der Waals surface area contributed by atoms with Crippen LogP contribution in [0.4, 0.5) is 0 Å². The molecule has 4 heteroatoms. The maximum Gasteiger partial charge on any atom is 0.260 e. The molecule has 1 N–H and O–H groups in total. The predicted molar refractivity (Wildman–Crippen MR) is 96.1 cm³/mol. The summed E-state index contributed by atoms with van der Waals surface area (Å²) in [5.74, 6) is -0.172. The van der Waals surface area contributed by atoms with Gasteiger partial charge in [0.1, 0.15) is 5.56 Å². The standard InChI is InChI=1S/C20H22N2O2/c1-14-13-18(23)19(15(2)21-14)20(24)22(17-10-11-17)12-6-9-16-7-4-3-5-8-16/h3-9,13,17H,10-12H2,1-2H3,(H,21,23). The largest absolute Gasteiger partial charge is 0.362 e. The number of pyridine rings is 1. The van der Waals surface area contributed by atoms with Gasteiger partial charge in [-0.2, -0.15) is 0 Å². The number of nitrogens with zero attached hydrogens (tertiary/aromatic N) is 1. The Bertz CT molecular complexity index is 817. The molecule has 124 valence electrons. The van der Waals surface area contributed by atoms with Crippen molar-refractivity contribution in [2.75, 3.05) is 6.54 Å². The number of nitrogens with one attached hydrogen (secondary N) is 1. The predicted octanol–water partition coefficient (Wildman–Crippen LogP) is 3.31. The topological polar surface area (TPSA) is 53.2 Å². The summed E-state index contributed by atoms with van der Waals surface area (Å²) in [6.07, 6.45) is 6.01. The molecule has 1 heterocycles. The first-order valence-corrected chi connectivity index (χ1v) is 8.29. The van der Waals surface area contributed by atoms with E-state index in [1.165, 1.54) is 6.07 Å². The summed E-state index contributed by atoms with van der Waals surface area (Å²) in [7, 11) is 0. The van der Waals surface area contributed by atoms with E-state index in [2.05, 4.69) is 4.98 Å². The van der Waals surface area contributed by atoms with E-state index in [9.17, 15) is 9.59 Å². The van der Waals surface area contributed by atoms with Gasteiger partial charge in [0.25, 0.3) is 5.91 Å². The molecule has 1 aromatic carbocycles. The van der Waals surface area contributed by atoms with Crippen molar-refractivity contribution in [3.8, 4) is 0 Å². The van der Waals surface area contributed by atoms with E-state index in [0.29, 0.717) is 12.2 Å². The molecular formula is C20H22N2O2.